The molecule has 134 valence electrons. The molecule has 0 aromatic heterocycles. The zero-order valence-electron chi connectivity index (χ0n) is 14.9. The predicted octanol–water partition coefficient (Wildman–Crippen LogP) is 3.60. The molecule has 25 heavy (non-hydrogen) atoms. The van der Waals surface area contributed by atoms with Gasteiger partial charge in [0.2, 0.25) is 5.91 Å². The highest BCUT2D eigenvalue weighted by molar-refractivity contribution is 5.92. The predicted molar refractivity (Wildman–Crippen MR) is 100 cm³/mol. The Balaban J connectivity index is 1.74. The molecule has 0 heterocycles. The number of hydrogen-bond donors (Lipinski definition) is 2. The number of ether oxygens (including phenoxy) is 2. The van der Waals surface area contributed by atoms with Crippen molar-refractivity contribution in [1.82, 2.24) is 5.32 Å². The molecule has 2 rings (SSSR count). The number of carbonyl (C=O) groups is 1. The minimum Gasteiger partial charge on any atom is -0.497 e. The van der Waals surface area contributed by atoms with Gasteiger partial charge in [-0.3, -0.25) is 4.79 Å². The number of carbonyl (C=O) groups excluding carboxylic acids is 1. The summed E-state index contributed by atoms with van der Waals surface area (Å²) in [6, 6.07) is 15.2. The summed E-state index contributed by atoms with van der Waals surface area (Å²) in [6.45, 7) is 3.68. The van der Waals surface area contributed by atoms with Crippen LogP contribution in [0.1, 0.15) is 25.3 Å². The second-order valence-corrected chi connectivity index (χ2v) is 5.73. The lowest BCUT2D eigenvalue weighted by molar-refractivity contribution is -0.115. The molecular formula is C20H26N2O3. The summed E-state index contributed by atoms with van der Waals surface area (Å²) in [7, 11) is 1.64. The maximum absolute atomic E-state index is 12.0. The zero-order valence-corrected chi connectivity index (χ0v) is 14.9. The van der Waals surface area contributed by atoms with E-state index in [9.17, 15) is 4.79 Å². The van der Waals surface area contributed by atoms with E-state index in [4.69, 9.17) is 9.47 Å². The van der Waals surface area contributed by atoms with Crippen molar-refractivity contribution in [1.29, 1.82) is 0 Å². The van der Waals surface area contributed by atoms with E-state index < -0.39 is 0 Å². The number of anilines is 1. The lowest BCUT2D eigenvalue weighted by atomic mass is 10.2. The maximum atomic E-state index is 12.0. The first kappa shape index (κ1) is 18.8. The molecule has 0 saturated carbocycles. The van der Waals surface area contributed by atoms with Crippen LogP contribution in [-0.2, 0) is 11.3 Å². The Hall–Kier alpha value is -2.53. The third kappa shape index (κ3) is 6.85. The van der Waals surface area contributed by atoms with Gasteiger partial charge < -0.3 is 20.1 Å². The van der Waals surface area contributed by atoms with Gasteiger partial charge in [-0.2, -0.15) is 0 Å². The Bertz CT molecular complexity index is 656. The summed E-state index contributed by atoms with van der Waals surface area (Å²) >= 11 is 0. The fraction of sp³-hybridized carbons (Fsp3) is 0.350. The molecule has 0 atom stereocenters. The molecule has 2 aromatic carbocycles. The first-order valence-corrected chi connectivity index (χ1v) is 8.57. The second-order valence-electron chi connectivity index (χ2n) is 5.73. The Labute approximate surface area is 149 Å². The number of benzene rings is 2. The van der Waals surface area contributed by atoms with Crippen molar-refractivity contribution in [2.24, 2.45) is 0 Å². The molecule has 0 aliphatic heterocycles. The molecule has 0 aliphatic rings. The topological polar surface area (TPSA) is 59.6 Å². The molecule has 0 unspecified atom stereocenters. The van der Waals surface area contributed by atoms with E-state index >= 15 is 0 Å². The van der Waals surface area contributed by atoms with Crippen LogP contribution in [0.2, 0.25) is 0 Å². The number of amides is 1. The number of unbranched alkanes of at least 4 members (excludes halogenated alkanes) is 1. The third-order valence-corrected chi connectivity index (χ3v) is 3.66. The van der Waals surface area contributed by atoms with Gasteiger partial charge in [-0.15, -0.1) is 0 Å². The largest absolute Gasteiger partial charge is 0.497 e. The van der Waals surface area contributed by atoms with E-state index in [2.05, 4.69) is 17.6 Å². The Kier molecular flexibility index (Phi) is 7.79. The summed E-state index contributed by atoms with van der Waals surface area (Å²) in [4.78, 5) is 12.0. The number of nitrogens with one attached hydrogen (secondary N) is 2. The van der Waals surface area contributed by atoms with Crippen molar-refractivity contribution < 1.29 is 14.3 Å². The molecular weight excluding hydrogens is 316 g/mol. The van der Waals surface area contributed by atoms with Gasteiger partial charge in [0.1, 0.15) is 11.5 Å². The summed E-state index contributed by atoms with van der Waals surface area (Å²) in [5, 5.41) is 6.01. The molecule has 0 bridgehead atoms. The number of methoxy groups -OCH3 is 1. The van der Waals surface area contributed by atoms with Gasteiger partial charge in [-0.1, -0.05) is 31.5 Å². The molecule has 2 N–H and O–H groups in total. The molecule has 1 amide bonds. The van der Waals surface area contributed by atoms with Crippen LogP contribution >= 0.6 is 0 Å². The van der Waals surface area contributed by atoms with Crippen LogP contribution in [0.4, 0.5) is 5.69 Å². The second kappa shape index (κ2) is 10.4. The SMILES string of the molecule is CCCCOc1cccc(NC(=O)CNCc2ccc(OC)cc2)c1. The molecule has 0 fully saturated rings. The smallest absolute Gasteiger partial charge is 0.238 e. The standard InChI is InChI=1S/C20H26N2O3/c1-3-4-12-25-19-7-5-6-17(13-19)22-20(23)15-21-14-16-8-10-18(24-2)11-9-16/h5-11,13,21H,3-4,12,14-15H2,1-2H3,(H,22,23). The Morgan fingerprint density at radius 3 is 2.60 bits per heavy atom. The molecule has 5 heteroatoms. The highest BCUT2D eigenvalue weighted by Gasteiger charge is 2.04. The van der Waals surface area contributed by atoms with Crippen LogP contribution in [0.25, 0.3) is 0 Å². The van der Waals surface area contributed by atoms with Crippen LogP contribution in [0, 0.1) is 0 Å². The van der Waals surface area contributed by atoms with Gasteiger partial charge in [0.15, 0.2) is 0 Å². The van der Waals surface area contributed by atoms with Crippen molar-refractivity contribution >= 4 is 11.6 Å². The van der Waals surface area contributed by atoms with Crippen molar-refractivity contribution in [3.63, 3.8) is 0 Å². The Morgan fingerprint density at radius 2 is 1.88 bits per heavy atom. The fourth-order valence-electron chi connectivity index (χ4n) is 2.27. The first-order chi connectivity index (χ1) is 12.2. The molecule has 2 aromatic rings. The van der Waals surface area contributed by atoms with Crippen molar-refractivity contribution in [2.75, 3.05) is 25.6 Å². The van der Waals surface area contributed by atoms with Crippen molar-refractivity contribution in [3.8, 4) is 11.5 Å². The van der Waals surface area contributed by atoms with Crippen molar-refractivity contribution in [2.45, 2.75) is 26.3 Å². The molecule has 5 nitrogen and oxygen atoms in total. The summed E-state index contributed by atoms with van der Waals surface area (Å²) in [5.41, 5.74) is 1.84. The summed E-state index contributed by atoms with van der Waals surface area (Å²) in [6.07, 6.45) is 2.11. The molecule has 0 spiro atoms. The quantitative estimate of drug-likeness (QED) is 0.648. The van der Waals surface area contributed by atoms with Crippen LogP contribution in [-0.4, -0.2) is 26.2 Å². The monoisotopic (exact) mass is 342 g/mol. The van der Waals surface area contributed by atoms with E-state index in [0.717, 1.165) is 35.6 Å². The van der Waals surface area contributed by atoms with E-state index in [1.165, 1.54) is 0 Å². The van der Waals surface area contributed by atoms with Crippen LogP contribution in [0.5, 0.6) is 11.5 Å². The third-order valence-electron chi connectivity index (χ3n) is 3.66. The lowest BCUT2D eigenvalue weighted by Gasteiger charge is -2.10. The number of hydrogen-bond acceptors (Lipinski definition) is 4. The van der Waals surface area contributed by atoms with Gasteiger partial charge >= 0.3 is 0 Å². The van der Waals surface area contributed by atoms with Crippen LogP contribution in [0.15, 0.2) is 48.5 Å². The van der Waals surface area contributed by atoms with Gasteiger partial charge in [-0.05, 0) is 36.2 Å². The van der Waals surface area contributed by atoms with Crippen molar-refractivity contribution in [3.05, 3.63) is 54.1 Å². The van der Waals surface area contributed by atoms with Gasteiger partial charge in [-0.25, -0.2) is 0 Å². The molecule has 0 aliphatic carbocycles. The summed E-state index contributed by atoms with van der Waals surface area (Å²) in [5.74, 6) is 1.51. The van der Waals surface area contributed by atoms with Crippen LogP contribution < -0.4 is 20.1 Å². The number of rotatable bonds is 10. The van der Waals surface area contributed by atoms with Gasteiger partial charge in [0, 0.05) is 18.3 Å². The van der Waals surface area contributed by atoms with E-state index in [0.29, 0.717) is 13.2 Å². The van der Waals surface area contributed by atoms with Crippen LogP contribution in [0.3, 0.4) is 0 Å². The summed E-state index contributed by atoms with van der Waals surface area (Å²) < 4.78 is 10.8. The van der Waals surface area contributed by atoms with E-state index in [1.54, 1.807) is 7.11 Å². The maximum Gasteiger partial charge on any atom is 0.238 e. The minimum atomic E-state index is -0.0841. The average molecular weight is 342 g/mol. The highest BCUT2D eigenvalue weighted by atomic mass is 16.5. The zero-order chi connectivity index (χ0) is 17.9. The Morgan fingerprint density at radius 1 is 1.08 bits per heavy atom. The van der Waals surface area contributed by atoms with Gasteiger partial charge in [0.25, 0.3) is 0 Å². The molecule has 0 saturated heterocycles. The molecule has 0 radical (unpaired) electrons. The first-order valence-electron chi connectivity index (χ1n) is 8.57. The normalized spacial score (nSPS) is 10.3. The average Bonchev–Trinajstić information content (AvgIpc) is 2.63. The lowest BCUT2D eigenvalue weighted by Crippen LogP contribution is -2.27. The fourth-order valence-corrected chi connectivity index (χ4v) is 2.27. The van der Waals surface area contributed by atoms with E-state index in [-0.39, 0.29) is 12.5 Å². The van der Waals surface area contributed by atoms with Gasteiger partial charge in [0.05, 0.1) is 20.3 Å². The minimum absolute atomic E-state index is 0.0841. The van der Waals surface area contributed by atoms with E-state index in [1.807, 2.05) is 48.5 Å². The highest BCUT2D eigenvalue weighted by Crippen LogP contribution is 2.17.